The van der Waals surface area contributed by atoms with Gasteiger partial charge in [-0.05, 0) is 80.9 Å². The number of hydrogen-bond acceptors (Lipinski definition) is 4. The lowest BCUT2D eigenvalue weighted by Gasteiger charge is -2.12. The molecule has 0 spiro atoms. The Hall–Kier alpha value is -3.39. The Kier molecular flexibility index (Phi) is 8.97. The molecule has 0 aliphatic rings. The van der Waals surface area contributed by atoms with Crippen LogP contribution in [-0.2, 0) is 13.0 Å². The van der Waals surface area contributed by atoms with Crippen LogP contribution in [0.4, 0.5) is 0 Å². The second-order valence-electron chi connectivity index (χ2n) is 9.83. The van der Waals surface area contributed by atoms with Crippen LogP contribution >= 0.6 is 39.1 Å². The molecule has 6 nitrogen and oxygen atoms in total. The van der Waals surface area contributed by atoms with Gasteiger partial charge in [-0.2, -0.15) is 9.78 Å². The molecule has 0 atom stereocenters. The number of unbranched alkanes of at least 4 members (excludes halogenated alkanes) is 1. The van der Waals surface area contributed by atoms with Crippen LogP contribution in [-0.4, -0.2) is 20.4 Å². The first kappa shape index (κ1) is 29.1. The maximum atomic E-state index is 13.4. The molecule has 0 aliphatic heterocycles. The van der Waals surface area contributed by atoms with Crippen molar-refractivity contribution in [1.29, 1.82) is 0 Å². The van der Waals surface area contributed by atoms with Gasteiger partial charge in [0, 0.05) is 49.1 Å². The second kappa shape index (κ2) is 12.6. The summed E-state index contributed by atoms with van der Waals surface area (Å²) in [5.74, 6) is 1.39. The highest BCUT2D eigenvalue weighted by atomic mass is 79.9. The van der Waals surface area contributed by atoms with Crippen LogP contribution in [0, 0.1) is 13.8 Å². The van der Waals surface area contributed by atoms with Crippen molar-refractivity contribution in [3.63, 3.8) is 0 Å². The van der Waals surface area contributed by atoms with E-state index >= 15 is 0 Å². The third-order valence-corrected chi connectivity index (χ3v) is 8.00. The molecule has 9 heteroatoms. The van der Waals surface area contributed by atoms with E-state index in [0.29, 0.717) is 39.8 Å². The number of fused-ring (bicyclic) bond motifs is 1. The average Bonchev–Trinajstić information content (AvgIpc) is 3.24. The molecule has 2 heterocycles. The summed E-state index contributed by atoms with van der Waals surface area (Å²) in [5.41, 5.74) is 5.34. The average molecular weight is 652 g/mol. The second-order valence-corrected chi connectivity index (χ2v) is 11.6. The first-order chi connectivity index (χ1) is 19.7. The fraction of sp³-hybridized carbons (Fsp3) is 0.219. The Morgan fingerprint density at radius 3 is 2.54 bits per heavy atom. The maximum absolute atomic E-state index is 13.4. The molecule has 0 fully saturated rings. The van der Waals surface area contributed by atoms with Crippen molar-refractivity contribution < 1.29 is 4.74 Å². The van der Waals surface area contributed by atoms with Gasteiger partial charge < -0.3 is 9.30 Å². The number of ether oxygens (including phenoxy) is 1. The van der Waals surface area contributed by atoms with Gasteiger partial charge in [-0.1, -0.05) is 58.5 Å². The minimum absolute atomic E-state index is 0.178. The number of hydrogen-bond donors (Lipinski definition) is 0. The predicted molar refractivity (Wildman–Crippen MR) is 171 cm³/mol. The van der Waals surface area contributed by atoms with Crippen molar-refractivity contribution in [3.05, 3.63) is 120 Å². The lowest BCUT2D eigenvalue weighted by molar-refractivity contribution is 0.306. The van der Waals surface area contributed by atoms with Gasteiger partial charge in [0.25, 0.3) is 5.56 Å². The number of nitrogens with zero attached hydrogens (tertiary/aromatic N) is 4. The summed E-state index contributed by atoms with van der Waals surface area (Å²) in [6.45, 7) is 6.55. The maximum Gasteiger partial charge on any atom is 0.282 e. The molecule has 0 bridgehead atoms. The number of aryl methyl sites for hydroxylation is 2. The van der Waals surface area contributed by atoms with E-state index in [1.165, 1.54) is 4.68 Å². The summed E-state index contributed by atoms with van der Waals surface area (Å²) in [6.07, 6.45) is 4.34. The first-order valence-corrected chi connectivity index (χ1v) is 14.9. The zero-order valence-electron chi connectivity index (χ0n) is 23.0. The van der Waals surface area contributed by atoms with E-state index in [1.54, 1.807) is 24.4 Å². The molecular formula is C32H29BrCl2N4O2. The minimum atomic E-state index is -0.178. The topological polar surface area (TPSA) is 61.4 Å². The highest BCUT2D eigenvalue weighted by Crippen LogP contribution is 2.25. The Morgan fingerprint density at radius 1 is 1.02 bits per heavy atom. The Labute approximate surface area is 257 Å². The highest BCUT2D eigenvalue weighted by molar-refractivity contribution is 9.10. The van der Waals surface area contributed by atoms with Gasteiger partial charge in [-0.25, -0.2) is 4.98 Å². The monoisotopic (exact) mass is 650 g/mol. The summed E-state index contributed by atoms with van der Waals surface area (Å²) >= 11 is 15.7. The zero-order chi connectivity index (χ0) is 29.1. The number of rotatable bonds is 9. The van der Waals surface area contributed by atoms with E-state index in [9.17, 15) is 4.79 Å². The SMILES string of the molecule is CCCCc1nc2ccc(Br)cc2c(=O)n1N=Cc1cc(C)n(-c2ccc(OCc3ccc(Cl)cc3Cl)cc2)c1C. The zero-order valence-corrected chi connectivity index (χ0v) is 26.1. The molecule has 0 saturated heterocycles. The smallest absolute Gasteiger partial charge is 0.282 e. The molecule has 5 rings (SSSR count). The standard InChI is InChI=1S/C32H29BrCl2N4O2/c1-4-5-6-31-37-30-14-8-24(33)16-28(30)32(40)39(31)36-18-23-15-20(2)38(21(23)3)26-10-12-27(13-11-26)41-19-22-7-9-25(34)17-29(22)35/h7-18H,4-6,19H2,1-3H3. The third-order valence-electron chi connectivity index (χ3n) is 6.92. The molecule has 0 aliphatic carbocycles. The molecule has 0 unspecified atom stereocenters. The summed E-state index contributed by atoms with van der Waals surface area (Å²) < 4.78 is 10.4. The van der Waals surface area contributed by atoms with Crippen molar-refractivity contribution in [2.45, 2.75) is 46.6 Å². The van der Waals surface area contributed by atoms with Crippen LogP contribution in [0.2, 0.25) is 10.0 Å². The quantitative estimate of drug-likeness (QED) is 0.150. The molecule has 210 valence electrons. The lowest BCUT2D eigenvalue weighted by atomic mass is 10.2. The van der Waals surface area contributed by atoms with Crippen molar-refractivity contribution in [3.8, 4) is 11.4 Å². The first-order valence-electron chi connectivity index (χ1n) is 13.4. The van der Waals surface area contributed by atoms with Crippen LogP contribution in [0.25, 0.3) is 16.6 Å². The summed E-state index contributed by atoms with van der Waals surface area (Å²) in [5, 5.41) is 6.35. The summed E-state index contributed by atoms with van der Waals surface area (Å²) in [6, 6.07) is 20.9. The van der Waals surface area contributed by atoms with Crippen LogP contribution in [0.5, 0.6) is 5.75 Å². The molecule has 0 amide bonds. The van der Waals surface area contributed by atoms with Gasteiger partial charge in [-0.3, -0.25) is 4.79 Å². The van der Waals surface area contributed by atoms with Crippen LogP contribution < -0.4 is 10.3 Å². The van der Waals surface area contributed by atoms with Gasteiger partial charge in [0.15, 0.2) is 0 Å². The minimum Gasteiger partial charge on any atom is -0.489 e. The largest absolute Gasteiger partial charge is 0.489 e. The van der Waals surface area contributed by atoms with E-state index in [0.717, 1.165) is 51.3 Å². The predicted octanol–water partition coefficient (Wildman–Crippen LogP) is 8.68. The Morgan fingerprint density at radius 2 is 1.80 bits per heavy atom. The van der Waals surface area contributed by atoms with Gasteiger partial charge in [0.2, 0.25) is 0 Å². The van der Waals surface area contributed by atoms with E-state index < -0.39 is 0 Å². The lowest BCUT2D eigenvalue weighted by Crippen LogP contribution is -2.22. The fourth-order valence-electron chi connectivity index (χ4n) is 4.74. The number of halogens is 3. The van der Waals surface area contributed by atoms with Crippen LogP contribution in [0.15, 0.2) is 81.1 Å². The van der Waals surface area contributed by atoms with Gasteiger partial charge in [0.05, 0.1) is 17.1 Å². The van der Waals surface area contributed by atoms with Crippen LogP contribution in [0.1, 0.15) is 48.1 Å². The number of aromatic nitrogens is 3. The number of benzene rings is 3. The van der Waals surface area contributed by atoms with E-state index in [1.807, 2.05) is 56.3 Å². The van der Waals surface area contributed by atoms with Crippen molar-refractivity contribution in [1.82, 2.24) is 14.2 Å². The van der Waals surface area contributed by atoms with Gasteiger partial charge >= 0.3 is 0 Å². The van der Waals surface area contributed by atoms with Gasteiger partial charge in [0.1, 0.15) is 18.2 Å². The molecule has 0 N–H and O–H groups in total. The highest BCUT2D eigenvalue weighted by Gasteiger charge is 2.13. The molecule has 2 aromatic heterocycles. The Bertz CT molecular complexity index is 1810. The van der Waals surface area contributed by atoms with Crippen molar-refractivity contribution in [2.24, 2.45) is 5.10 Å². The van der Waals surface area contributed by atoms with Gasteiger partial charge in [-0.15, -0.1) is 0 Å². The van der Waals surface area contributed by atoms with E-state index in [2.05, 4.69) is 38.6 Å². The molecule has 5 aromatic rings. The molecule has 0 saturated carbocycles. The fourth-order valence-corrected chi connectivity index (χ4v) is 5.56. The van der Waals surface area contributed by atoms with E-state index in [4.69, 9.17) is 32.9 Å². The normalized spacial score (nSPS) is 11.6. The molecule has 0 radical (unpaired) electrons. The Balaban J connectivity index is 1.41. The third kappa shape index (κ3) is 6.43. The molecular weight excluding hydrogens is 623 g/mol. The van der Waals surface area contributed by atoms with Crippen molar-refractivity contribution in [2.75, 3.05) is 0 Å². The van der Waals surface area contributed by atoms with Crippen molar-refractivity contribution >= 4 is 56.2 Å². The summed E-state index contributed by atoms with van der Waals surface area (Å²) in [4.78, 5) is 18.2. The summed E-state index contributed by atoms with van der Waals surface area (Å²) in [7, 11) is 0. The van der Waals surface area contributed by atoms with E-state index in [-0.39, 0.29) is 5.56 Å². The van der Waals surface area contributed by atoms with Crippen LogP contribution in [0.3, 0.4) is 0 Å². The molecule has 41 heavy (non-hydrogen) atoms. The molecule has 3 aromatic carbocycles.